The molecule has 3 heterocycles. The maximum absolute atomic E-state index is 12.2. The number of amides is 2. The Morgan fingerprint density at radius 3 is 2.79 bits per heavy atom. The number of hydrogen-bond acceptors (Lipinski definition) is 4. The first-order valence-corrected chi connectivity index (χ1v) is 8.20. The maximum atomic E-state index is 12.2. The van der Waals surface area contributed by atoms with Gasteiger partial charge in [-0.3, -0.25) is 9.67 Å². The van der Waals surface area contributed by atoms with Crippen molar-refractivity contribution in [3.63, 3.8) is 0 Å². The molecule has 0 radical (unpaired) electrons. The van der Waals surface area contributed by atoms with Crippen LogP contribution in [-0.4, -0.2) is 50.4 Å². The highest BCUT2D eigenvalue weighted by Gasteiger charge is 2.35. The third-order valence-corrected chi connectivity index (χ3v) is 4.52. The van der Waals surface area contributed by atoms with Crippen molar-refractivity contribution in [1.29, 1.82) is 0 Å². The maximum Gasteiger partial charge on any atom is 0.317 e. The lowest BCUT2D eigenvalue weighted by Gasteiger charge is -2.38. The number of piperidine rings is 1. The number of urea groups is 1. The van der Waals surface area contributed by atoms with Gasteiger partial charge in [0.05, 0.1) is 11.8 Å². The van der Waals surface area contributed by atoms with Gasteiger partial charge in [0.1, 0.15) is 0 Å². The van der Waals surface area contributed by atoms with E-state index in [-0.39, 0.29) is 6.03 Å². The highest BCUT2D eigenvalue weighted by molar-refractivity contribution is 5.74. The molecule has 1 aliphatic rings. The number of nitrogens with zero attached hydrogens (tertiary/aromatic N) is 4. The van der Waals surface area contributed by atoms with Crippen molar-refractivity contribution in [2.45, 2.75) is 24.9 Å². The number of carbonyl (C=O) groups excluding carboxylic acids is 1. The van der Waals surface area contributed by atoms with Crippen LogP contribution in [0.2, 0.25) is 0 Å². The Hall–Kier alpha value is -2.41. The van der Waals surface area contributed by atoms with E-state index in [0.717, 1.165) is 17.5 Å². The summed E-state index contributed by atoms with van der Waals surface area (Å²) in [5.41, 5.74) is 1.03. The van der Waals surface area contributed by atoms with Crippen molar-refractivity contribution in [2.24, 2.45) is 7.05 Å². The molecular weight excluding hydrogens is 306 g/mol. The molecule has 2 N–H and O–H groups in total. The Labute approximate surface area is 141 Å². The largest absolute Gasteiger partial charge is 0.385 e. The van der Waals surface area contributed by atoms with Gasteiger partial charge in [0.15, 0.2) is 0 Å². The molecule has 0 spiro atoms. The Morgan fingerprint density at radius 2 is 2.17 bits per heavy atom. The molecule has 24 heavy (non-hydrogen) atoms. The van der Waals surface area contributed by atoms with E-state index in [4.69, 9.17) is 0 Å². The summed E-state index contributed by atoms with van der Waals surface area (Å²) in [4.78, 5) is 18.1. The zero-order valence-electron chi connectivity index (χ0n) is 13.9. The molecule has 128 valence electrons. The molecule has 0 bridgehead atoms. The fourth-order valence-electron chi connectivity index (χ4n) is 3.03. The molecule has 1 aliphatic heterocycles. The number of rotatable bonds is 4. The van der Waals surface area contributed by atoms with Crippen LogP contribution in [0.3, 0.4) is 0 Å². The third-order valence-electron chi connectivity index (χ3n) is 4.52. The quantitative estimate of drug-likeness (QED) is 0.878. The van der Waals surface area contributed by atoms with Crippen molar-refractivity contribution in [2.75, 3.05) is 19.6 Å². The van der Waals surface area contributed by atoms with Gasteiger partial charge in [-0.1, -0.05) is 6.07 Å². The average molecular weight is 329 g/mol. The Balaban J connectivity index is 1.46. The lowest BCUT2D eigenvalue weighted by atomic mass is 9.85. The van der Waals surface area contributed by atoms with Crippen LogP contribution in [0, 0.1) is 0 Å². The molecule has 7 nitrogen and oxygen atoms in total. The highest BCUT2D eigenvalue weighted by Crippen LogP contribution is 2.32. The van der Waals surface area contributed by atoms with Crippen molar-refractivity contribution in [3.8, 4) is 0 Å². The average Bonchev–Trinajstić information content (AvgIpc) is 3.01. The van der Waals surface area contributed by atoms with E-state index < -0.39 is 5.60 Å². The minimum atomic E-state index is -0.888. The predicted molar refractivity (Wildman–Crippen MR) is 89.3 cm³/mol. The Kier molecular flexibility index (Phi) is 4.80. The summed E-state index contributed by atoms with van der Waals surface area (Å²) in [6.45, 7) is 1.64. The van der Waals surface area contributed by atoms with Crippen LogP contribution in [0.4, 0.5) is 4.79 Å². The van der Waals surface area contributed by atoms with Gasteiger partial charge in [-0.25, -0.2) is 4.79 Å². The van der Waals surface area contributed by atoms with Gasteiger partial charge in [0.25, 0.3) is 0 Å². The molecule has 3 rings (SSSR count). The Morgan fingerprint density at radius 1 is 1.38 bits per heavy atom. The standard InChI is InChI=1S/C17H23N5O2/c1-21-13-14(11-20-21)4-8-19-16(23)22-9-5-17(24,6-10-22)15-3-2-7-18-12-15/h2-3,7,11-13,24H,4-6,8-10H2,1H3,(H,19,23). The minimum absolute atomic E-state index is 0.0767. The predicted octanol–water partition coefficient (Wildman–Crippen LogP) is 1.05. The number of likely N-dealkylation sites (tertiary alicyclic amines) is 1. The Bertz CT molecular complexity index is 677. The second-order valence-corrected chi connectivity index (χ2v) is 6.26. The van der Waals surface area contributed by atoms with Crippen molar-refractivity contribution < 1.29 is 9.90 Å². The van der Waals surface area contributed by atoms with E-state index in [1.807, 2.05) is 25.4 Å². The summed E-state index contributed by atoms with van der Waals surface area (Å²) in [5.74, 6) is 0. The molecule has 1 saturated heterocycles. The van der Waals surface area contributed by atoms with Gasteiger partial charge in [-0.05, 0) is 30.9 Å². The fraction of sp³-hybridized carbons (Fsp3) is 0.471. The molecule has 1 fully saturated rings. The number of aliphatic hydroxyl groups is 1. The zero-order valence-corrected chi connectivity index (χ0v) is 13.9. The van der Waals surface area contributed by atoms with E-state index >= 15 is 0 Å². The molecule has 0 aliphatic carbocycles. The number of nitrogens with one attached hydrogen (secondary N) is 1. The zero-order chi connectivity index (χ0) is 17.0. The van der Waals surface area contributed by atoms with Crippen LogP contribution in [0.1, 0.15) is 24.0 Å². The van der Waals surface area contributed by atoms with E-state index in [1.54, 1.807) is 28.2 Å². The lowest BCUT2D eigenvalue weighted by molar-refractivity contribution is -0.0170. The summed E-state index contributed by atoms with van der Waals surface area (Å²) >= 11 is 0. The number of aromatic nitrogens is 3. The minimum Gasteiger partial charge on any atom is -0.385 e. The van der Waals surface area contributed by atoms with E-state index in [0.29, 0.717) is 32.5 Å². The van der Waals surface area contributed by atoms with Gasteiger partial charge in [0.2, 0.25) is 0 Å². The smallest absolute Gasteiger partial charge is 0.317 e. The molecule has 2 amide bonds. The molecule has 7 heteroatoms. The van der Waals surface area contributed by atoms with Gasteiger partial charge in [-0.2, -0.15) is 5.10 Å². The van der Waals surface area contributed by atoms with Crippen LogP contribution in [0.15, 0.2) is 36.9 Å². The first kappa shape index (κ1) is 16.4. The summed E-state index contributed by atoms with van der Waals surface area (Å²) in [6.07, 6.45) is 8.94. The highest BCUT2D eigenvalue weighted by atomic mass is 16.3. The second kappa shape index (κ2) is 7.00. The number of pyridine rings is 1. The van der Waals surface area contributed by atoms with Gasteiger partial charge < -0.3 is 15.3 Å². The molecule has 2 aromatic heterocycles. The van der Waals surface area contributed by atoms with Crippen LogP contribution >= 0.6 is 0 Å². The van der Waals surface area contributed by atoms with Crippen molar-refractivity contribution >= 4 is 6.03 Å². The van der Waals surface area contributed by atoms with Crippen LogP contribution in [0.5, 0.6) is 0 Å². The number of hydrogen-bond donors (Lipinski definition) is 2. The van der Waals surface area contributed by atoms with Crippen LogP contribution in [0.25, 0.3) is 0 Å². The molecule has 0 saturated carbocycles. The first-order chi connectivity index (χ1) is 11.6. The molecular formula is C17H23N5O2. The summed E-state index contributed by atoms with van der Waals surface area (Å²) in [5, 5.41) is 17.8. The second-order valence-electron chi connectivity index (χ2n) is 6.26. The third kappa shape index (κ3) is 3.73. The van der Waals surface area contributed by atoms with E-state index in [1.165, 1.54) is 0 Å². The fourth-order valence-corrected chi connectivity index (χ4v) is 3.03. The SMILES string of the molecule is Cn1cc(CCNC(=O)N2CCC(O)(c3cccnc3)CC2)cn1. The molecule has 0 unspecified atom stereocenters. The van der Waals surface area contributed by atoms with E-state index in [9.17, 15) is 9.90 Å². The van der Waals surface area contributed by atoms with Crippen LogP contribution < -0.4 is 5.32 Å². The monoisotopic (exact) mass is 329 g/mol. The number of carbonyl (C=O) groups is 1. The van der Waals surface area contributed by atoms with Crippen molar-refractivity contribution in [3.05, 3.63) is 48.0 Å². The summed E-state index contributed by atoms with van der Waals surface area (Å²) in [7, 11) is 1.87. The topological polar surface area (TPSA) is 83.3 Å². The van der Waals surface area contributed by atoms with E-state index in [2.05, 4.69) is 15.4 Å². The number of aryl methyl sites for hydroxylation is 1. The van der Waals surface area contributed by atoms with Gasteiger partial charge >= 0.3 is 6.03 Å². The van der Waals surface area contributed by atoms with Gasteiger partial charge in [-0.15, -0.1) is 0 Å². The molecule has 0 aromatic carbocycles. The van der Waals surface area contributed by atoms with Gasteiger partial charge in [0, 0.05) is 50.8 Å². The molecule has 0 atom stereocenters. The normalized spacial score (nSPS) is 16.8. The lowest BCUT2D eigenvalue weighted by Crippen LogP contribution is -2.49. The van der Waals surface area contributed by atoms with Crippen molar-refractivity contribution in [1.82, 2.24) is 25.0 Å². The summed E-state index contributed by atoms with van der Waals surface area (Å²) in [6, 6.07) is 3.63. The first-order valence-electron chi connectivity index (χ1n) is 8.20. The molecule has 2 aromatic rings. The van der Waals surface area contributed by atoms with Crippen LogP contribution in [-0.2, 0) is 19.1 Å². The summed E-state index contributed by atoms with van der Waals surface area (Å²) < 4.78 is 1.75.